The molecule has 0 saturated carbocycles. The predicted octanol–water partition coefficient (Wildman–Crippen LogP) is 3.70. The van der Waals surface area contributed by atoms with E-state index in [1.807, 2.05) is 0 Å². The molecule has 19 heavy (non-hydrogen) atoms. The van der Waals surface area contributed by atoms with Gasteiger partial charge in [-0.05, 0) is 24.3 Å². The minimum Gasteiger partial charge on any atom is -0.321 e. The fourth-order valence-corrected chi connectivity index (χ4v) is 2.44. The minimum atomic E-state index is -0.659. The van der Waals surface area contributed by atoms with Gasteiger partial charge in [0.2, 0.25) is 0 Å². The zero-order valence-corrected chi connectivity index (χ0v) is 10.8. The van der Waals surface area contributed by atoms with Crippen molar-refractivity contribution >= 4 is 40.2 Å². The van der Waals surface area contributed by atoms with Crippen molar-refractivity contribution in [2.45, 2.75) is 0 Å². The quantitative estimate of drug-likeness (QED) is 0.694. The summed E-state index contributed by atoms with van der Waals surface area (Å²) >= 11 is 6.47. The molecule has 2 rings (SSSR count). The van der Waals surface area contributed by atoms with Crippen molar-refractivity contribution in [3.63, 3.8) is 0 Å². The van der Waals surface area contributed by atoms with Crippen LogP contribution in [0.2, 0.25) is 4.34 Å². The SMILES string of the molecule is O=C(Nc1ccc(F)cc1)c1cc([N+](=O)[O-])c(Cl)s1. The summed E-state index contributed by atoms with van der Waals surface area (Å²) in [5.74, 6) is -0.959. The number of nitro groups is 1. The van der Waals surface area contributed by atoms with Crippen molar-refractivity contribution in [1.82, 2.24) is 0 Å². The first kappa shape index (κ1) is 13.4. The molecule has 0 fully saturated rings. The number of thiophene rings is 1. The second-order valence-corrected chi connectivity index (χ2v) is 5.14. The lowest BCUT2D eigenvalue weighted by molar-refractivity contribution is -0.384. The third kappa shape index (κ3) is 3.07. The number of hydrogen-bond acceptors (Lipinski definition) is 4. The van der Waals surface area contributed by atoms with Gasteiger partial charge in [0.05, 0.1) is 4.92 Å². The molecule has 0 saturated heterocycles. The van der Waals surface area contributed by atoms with Gasteiger partial charge >= 0.3 is 0 Å². The molecule has 98 valence electrons. The number of hydrogen-bond donors (Lipinski definition) is 1. The van der Waals surface area contributed by atoms with Crippen LogP contribution >= 0.6 is 22.9 Å². The van der Waals surface area contributed by atoms with Crippen molar-refractivity contribution in [3.8, 4) is 0 Å². The van der Waals surface area contributed by atoms with Gasteiger partial charge < -0.3 is 5.32 Å². The van der Waals surface area contributed by atoms with Gasteiger partial charge in [0.15, 0.2) is 4.34 Å². The van der Waals surface area contributed by atoms with E-state index in [9.17, 15) is 19.3 Å². The first-order valence-corrected chi connectivity index (χ1v) is 6.17. The molecular formula is C11H6ClFN2O3S. The number of rotatable bonds is 3. The summed E-state index contributed by atoms with van der Waals surface area (Å²) in [6.45, 7) is 0. The molecule has 0 unspecified atom stereocenters. The Balaban J connectivity index is 2.18. The van der Waals surface area contributed by atoms with Crippen LogP contribution in [0, 0.1) is 15.9 Å². The van der Waals surface area contributed by atoms with Crippen LogP contribution in [0.3, 0.4) is 0 Å². The van der Waals surface area contributed by atoms with Crippen molar-refractivity contribution < 1.29 is 14.1 Å². The third-order valence-electron chi connectivity index (χ3n) is 2.19. The molecule has 5 nitrogen and oxygen atoms in total. The Morgan fingerprint density at radius 1 is 1.37 bits per heavy atom. The average molecular weight is 301 g/mol. The van der Waals surface area contributed by atoms with Gasteiger partial charge in [-0.15, -0.1) is 11.3 Å². The molecule has 1 aromatic carbocycles. The summed E-state index contributed by atoms with van der Waals surface area (Å²) in [5.41, 5.74) is 0.0782. The molecule has 1 N–H and O–H groups in total. The van der Waals surface area contributed by atoms with E-state index in [0.29, 0.717) is 5.69 Å². The standard InChI is InChI=1S/C11H6ClFN2O3S/c12-10-8(15(17)18)5-9(19-10)11(16)14-7-3-1-6(13)2-4-7/h1-5H,(H,14,16). The molecule has 0 aliphatic rings. The number of nitrogens with zero attached hydrogens (tertiary/aromatic N) is 1. The van der Waals surface area contributed by atoms with Gasteiger partial charge in [-0.2, -0.15) is 0 Å². The Hall–Kier alpha value is -1.99. The summed E-state index contributed by atoms with van der Waals surface area (Å²) in [4.78, 5) is 21.9. The Labute approximate surface area is 115 Å². The number of nitrogens with one attached hydrogen (secondary N) is 1. The van der Waals surface area contributed by atoms with Crippen molar-refractivity contribution in [2.75, 3.05) is 5.32 Å². The first-order valence-electron chi connectivity index (χ1n) is 4.98. The fourth-order valence-electron chi connectivity index (χ4n) is 1.32. The van der Waals surface area contributed by atoms with E-state index in [2.05, 4.69) is 5.32 Å². The molecular weight excluding hydrogens is 295 g/mol. The van der Waals surface area contributed by atoms with Crippen molar-refractivity contribution in [1.29, 1.82) is 0 Å². The van der Waals surface area contributed by atoms with Crippen LogP contribution < -0.4 is 5.32 Å². The van der Waals surface area contributed by atoms with Gasteiger partial charge in [-0.1, -0.05) is 11.6 Å². The molecule has 0 radical (unpaired) electrons. The number of carbonyl (C=O) groups excluding carboxylic acids is 1. The van der Waals surface area contributed by atoms with E-state index in [1.54, 1.807) is 0 Å². The van der Waals surface area contributed by atoms with E-state index in [4.69, 9.17) is 11.6 Å². The average Bonchev–Trinajstić information content (AvgIpc) is 2.74. The Kier molecular flexibility index (Phi) is 3.77. The molecule has 1 amide bonds. The van der Waals surface area contributed by atoms with Crippen LogP contribution in [-0.2, 0) is 0 Å². The summed E-state index contributed by atoms with van der Waals surface area (Å²) in [6.07, 6.45) is 0. The third-order valence-corrected chi connectivity index (χ3v) is 3.53. The lowest BCUT2D eigenvalue weighted by Crippen LogP contribution is -2.09. The monoisotopic (exact) mass is 300 g/mol. The molecule has 0 aliphatic heterocycles. The Morgan fingerprint density at radius 3 is 2.53 bits per heavy atom. The smallest absolute Gasteiger partial charge is 0.299 e. The normalized spacial score (nSPS) is 10.2. The summed E-state index contributed by atoms with van der Waals surface area (Å²) in [7, 11) is 0. The lowest BCUT2D eigenvalue weighted by Gasteiger charge is -2.02. The van der Waals surface area contributed by atoms with E-state index >= 15 is 0 Å². The Morgan fingerprint density at radius 2 is 2.00 bits per heavy atom. The van der Waals surface area contributed by atoms with Crippen LogP contribution in [0.5, 0.6) is 0 Å². The van der Waals surface area contributed by atoms with Crippen LogP contribution in [0.4, 0.5) is 15.8 Å². The lowest BCUT2D eigenvalue weighted by atomic mass is 10.3. The summed E-state index contributed by atoms with van der Waals surface area (Å²) < 4.78 is 12.6. The molecule has 8 heteroatoms. The van der Waals surface area contributed by atoms with Gasteiger partial charge in [0.1, 0.15) is 10.7 Å². The summed E-state index contributed by atoms with van der Waals surface area (Å²) in [6, 6.07) is 6.26. The number of carbonyl (C=O) groups is 1. The van der Waals surface area contributed by atoms with Crippen LogP contribution in [-0.4, -0.2) is 10.8 Å². The van der Waals surface area contributed by atoms with Crippen LogP contribution in [0.1, 0.15) is 9.67 Å². The van der Waals surface area contributed by atoms with Gasteiger partial charge in [-0.25, -0.2) is 4.39 Å². The maximum Gasteiger partial charge on any atom is 0.299 e. The molecule has 1 heterocycles. The molecule has 0 spiro atoms. The molecule has 0 aliphatic carbocycles. The van der Waals surface area contributed by atoms with Crippen molar-refractivity contribution in [3.05, 3.63) is 55.5 Å². The highest BCUT2D eigenvalue weighted by molar-refractivity contribution is 7.18. The van der Waals surface area contributed by atoms with E-state index in [1.165, 1.54) is 24.3 Å². The number of halogens is 2. The van der Waals surface area contributed by atoms with Crippen LogP contribution in [0.25, 0.3) is 0 Å². The zero-order valence-electron chi connectivity index (χ0n) is 9.22. The maximum absolute atomic E-state index is 12.7. The zero-order chi connectivity index (χ0) is 14.0. The predicted molar refractivity (Wildman–Crippen MR) is 70.3 cm³/mol. The highest BCUT2D eigenvalue weighted by atomic mass is 35.5. The van der Waals surface area contributed by atoms with Gasteiger partial charge in [0.25, 0.3) is 11.6 Å². The maximum atomic E-state index is 12.7. The molecule has 1 aromatic heterocycles. The van der Waals surface area contributed by atoms with Gasteiger partial charge in [0, 0.05) is 11.8 Å². The first-order chi connectivity index (χ1) is 8.97. The molecule has 0 bridgehead atoms. The number of amides is 1. The Bertz CT molecular complexity index is 642. The number of benzene rings is 1. The van der Waals surface area contributed by atoms with E-state index < -0.39 is 16.6 Å². The fraction of sp³-hybridized carbons (Fsp3) is 0. The van der Waals surface area contributed by atoms with Crippen LogP contribution in [0.15, 0.2) is 30.3 Å². The van der Waals surface area contributed by atoms with Gasteiger partial charge in [-0.3, -0.25) is 14.9 Å². The molecule has 2 aromatic rings. The van der Waals surface area contributed by atoms with E-state index in [-0.39, 0.29) is 14.9 Å². The second kappa shape index (κ2) is 5.33. The molecule has 0 atom stereocenters. The summed E-state index contributed by atoms with van der Waals surface area (Å²) in [5, 5.41) is 13.1. The van der Waals surface area contributed by atoms with E-state index in [0.717, 1.165) is 17.4 Å². The highest BCUT2D eigenvalue weighted by Crippen LogP contribution is 2.34. The highest BCUT2D eigenvalue weighted by Gasteiger charge is 2.21. The minimum absolute atomic E-state index is 0.0609. The largest absolute Gasteiger partial charge is 0.321 e. The topological polar surface area (TPSA) is 72.2 Å². The second-order valence-electron chi connectivity index (χ2n) is 3.49. The van der Waals surface area contributed by atoms with Crippen molar-refractivity contribution in [2.24, 2.45) is 0 Å². The number of anilines is 1.